The molecule has 0 saturated carbocycles. The molecule has 1 aliphatic carbocycles. The van der Waals surface area contributed by atoms with E-state index in [-0.39, 0.29) is 6.42 Å². The average molecular weight is 334 g/mol. The molecular formula is C20H30O4. The maximum Gasteiger partial charge on any atom is 0.364 e. The second-order valence-electron chi connectivity index (χ2n) is 6.42. The lowest BCUT2D eigenvalue weighted by Crippen LogP contribution is -2.37. The second kappa shape index (κ2) is 11.0. The summed E-state index contributed by atoms with van der Waals surface area (Å²) in [6.07, 6.45) is 20.0. The van der Waals surface area contributed by atoms with Crippen molar-refractivity contribution in [3.05, 3.63) is 42.2 Å². The molecule has 0 aliphatic heterocycles. The first kappa shape index (κ1) is 20.4. The number of hydrogen-bond acceptors (Lipinski definition) is 3. The Bertz CT molecular complexity index is 496. The number of aliphatic carboxylic acids is 1. The number of aliphatic hydroxyl groups is 2. The van der Waals surface area contributed by atoms with Crippen LogP contribution in [0.1, 0.15) is 58.3 Å². The molecule has 1 aliphatic rings. The standard InChI is InChI=1S/C20H30O4/c1-2-3-4-5-6-8-12-17-14-11-15-18(17)13-9-7-10-16-20(23,24)19(21)22/h8-12,14,17-18,23-24H,2-6,13,15-16H2,1H3,(H,21,22)/t7?,17-,18-/m0/s1. The van der Waals surface area contributed by atoms with Crippen LogP contribution < -0.4 is 0 Å². The first-order chi connectivity index (χ1) is 11.5. The van der Waals surface area contributed by atoms with Gasteiger partial charge in [-0.1, -0.05) is 50.5 Å². The Morgan fingerprint density at radius 2 is 2.08 bits per heavy atom. The van der Waals surface area contributed by atoms with Crippen LogP contribution in [0.3, 0.4) is 0 Å². The summed E-state index contributed by atoms with van der Waals surface area (Å²) in [4.78, 5) is 10.5. The van der Waals surface area contributed by atoms with Crippen molar-refractivity contribution in [2.45, 2.75) is 64.1 Å². The fourth-order valence-corrected chi connectivity index (χ4v) is 2.73. The van der Waals surface area contributed by atoms with Gasteiger partial charge in [0.15, 0.2) is 0 Å². The van der Waals surface area contributed by atoms with Gasteiger partial charge in [-0.25, -0.2) is 4.79 Å². The molecule has 0 aromatic carbocycles. The van der Waals surface area contributed by atoms with Gasteiger partial charge in [-0.05, 0) is 49.7 Å². The first-order valence-corrected chi connectivity index (χ1v) is 8.88. The zero-order chi connectivity index (χ0) is 17.8. The molecule has 4 nitrogen and oxygen atoms in total. The zero-order valence-corrected chi connectivity index (χ0v) is 14.5. The van der Waals surface area contributed by atoms with E-state index in [0.29, 0.717) is 11.8 Å². The van der Waals surface area contributed by atoms with Crippen molar-refractivity contribution >= 4 is 5.97 Å². The van der Waals surface area contributed by atoms with Crippen LogP contribution in [0, 0.1) is 11.8 Å². The summed E-state index contributed by atoms with van der Waals surface area (Å²) in [5.74, 6) is -3.41. The Kier molecular flexibility index (Phi) is 9.39. The Morgan fingerprint density at radius 1 is 1.29 bits per heavy atom. The van der Waals surface area contributed by atoms with E-state index >= 15 is 0 Å². The molecule has 134 valence electrons. The van der Waals surface area contributed by atoms with E-state index in [1.54, 1.807) is 0 Å². The lowest BCUT2D eigenvalue weighted by molar-refractivity contribution is -0.201. The first-order valence-electron chi connectivity index (χ1n) is 8.88. The molecule has 24 heavy (non-hydrogen) atoms. The topological polar surface area (TPSA) is 77.8 Å². The van der Waals surface area contributed by atoms with E-state index in [2.05, 4.69) is 37.0 Å². The summed E-state index contributed by atoms with van der Waals surface area (Å²) in [6, 6.07) is 0. The number of unbranched alkanes of at least 4 members (excludes halogenated alkanes) is 4. The molecule has 0 spiro atoms. The van der Waals surface area contributed by atoms with Gasteiger partial charge >= 0.3 is 5.97 Å². The van der Waals surface area contributed by atoms with Gasteiger partial charge in [0.05, 0.1) is 0 Å². The smallest absolute Gasteiger partial charge is 0.364 e. The molecule has 0 fully saturated rings. The van der Waals surface area contributed by atoms with E-state index in [0.717, 1.165) is 19.3 Å². The minimum atomic E-state index is -2.71. The van der Waals surface area contributed by atoms with Crippen molar-refractivity contribution in [3.8, 4) is 0 Å². The summed E-state index contributed by atoms with van der Waals surface area (Å²) < 4.78 is 0. The van der Waals surface area contributed by atoms with Crippen molar-refractivity contribution < 1.29 is 20.1 Å². The van der Waals surface area contributed by atoms with Crippen molar-refractivity contribution in [2.75, 3.05) is 0 Å². The zero-order valence-electron chi connectivity index (χ0n) is 14.5. The van der Waals surface area contributed by atoms with Gasteiger partial charge in [0.2, 0.25) is 0 Å². The number of carbonyl (C=O) groups is 1. The van der Waals surface area contributed by atoms with Crippen LogP contribution >= 0.6 is 0 Å². The Labute approximate surface area is 144 Å². The third-order valence-electron chi connectivity index (χ3n) is 4.31. The van der Waals surface area contributed by atoms with Crippen LogP contribution in [0.4, 0.5) is 0 Å². The van der Waals surface area contributed by atoms with Crippen LogP contribution in [0.25, 0.3) is 0 Å². The molecule has 0 aromatic rings. The van der Waals surface area contributed by atoms with E-state index in [9.17, 15) is 15.0 Å². The predicted molar refractivity (Wildman–Crippen MR) is 95.3 cm³/mol. The van der Waals surface area contributed by atoms with Crippen LogP contribution in [0.15, 0.2) is 42.2 Å². The van der Waals surface area contributed by atoms with Gasteiger partial charge in [0.25, 0.3) is 5.79 Å². The van der Waals surface area contributed by atoms with E-state index in [1.165, 1.54) is 31.8 Å². The minimum absolute atomic E-state index is 0.372. The fraction of sp³-hybridized carbons (Fsp3) is 0.600. The van der Waals surface area contributed by atoms with Gasteiger partial charge in [-0.15, -0.1) is 5.73 Å². The molecule has 0 heterocycles. The Morgan fingerprint density at radius 3 is 2.79 bits per heavy atom. The quantitative estimate of drug-likeness (QED) is 0.231. The molecule has 0 amide bonds. The molecule has 0 saturated heterocycles. The van der Waals surface area contributed by atoms with E-state index < -0.39 is 11.8 Å². The monoisotopic (exact) mass is 334 g/mol. The molecular weight excluding hydrogens is 304 g/mol. The maximum atomic E-state index is 10.5. The fourth-order valence-electron chi connectivity index (χ4n) is 2.73. The lowest BCUT2D eigenvalue weighted by atomic mass is 9.91. The highest BCUT2D eigenvalue weighted by molar-refractivity contribution is 5.75. The molecule has 2 atom stereocenters. The number of allylic oxidation sites excluding steroid dienone is 4. The van der Waals surface area contributed by atoms with Crippen molar-refractivity contribution in [1.82, 2.24) is 0 Å². The van der Waals surface area contributed by atoms with Crippen LogP contribution in [0.2, 0.25) is 0 Å². The molecule has 0 aromatic heterocycles. The van der Waals surface area contributed by atoms with Gasteiger partial charge in [-0.2, -0.15) is 0 Å². The highest BCUT2D eigenvalue weighted by Crippen LogP contribution is 2.29. The lowest BCUT2D eigenvalue weighted by Gasteiger charge is -2.13. The molecule has 0 unspecified atom stereocenters. The number of carboxylic acid groups (broad SMARTS) is 1. The molecule has 1 rings (SSSR count). The third-order valence-corrected chi connectivity index (χ3v) is 4.31. The van der Waals surface area contributed by atoms with Gasteiger partial charge in [0, 0.05) is 6.42 Å². The molecule has 0 radical (unpaired) electrons. The number of rotatable bonds is 11. The van der Waals surface area contributed by atoms with Gasteiger partial charge < -0.3 is 15.3 Å². The largest absolute Gasteiger partial charge is 0.477 e. The van der Waals surface area contributed by atoms with Crippen molar-refractivity contribution in [3.63, 3.8) is 0 Å². The number of hydrogen-bond donors (Lipinski definition) is 3. The van der Waals surface area contributed by atoms with Gasteiger partial charge in [-0.3, -0.25) is 0 Å². The molecule has 0 bridgehead atoms. The van der Waals surface area contributed by atoms with E-state index in [1.807, 2.05) is 6.08 Å². The summed E-state index contributed by atoms with van der Waals surface area (Å²) >= 11 is 0. The predicted octanol–water partition coefficient (Wildman–Crippen LogP) is 3.96. The van der Waals surface area contributed by atoms with Gasteiger partial charge in [0.1, 0.15) is 0 Å². The molecule has 3 N–H and O–H groups in total. The highest BCUT2D eigenvalue weighted by Gasteiger charge is 2.31. The number of carboxylic acids is 1. The van der Waals surface area contributed by atoms with Crippen LogP contribution in [0.5, 0.6) is 0 Å². The Hall–Kier alpha value is -1.61. The van der Waals surface area contributed by atoms with Crippen molar-refractivity contribution in [1.29, 1.82) is 0 Å². The second-order valence-corrected chi connectivity index (χ2v) is 6.42. The summed E-state index contributed by atoms with van der Waals surface area (Å²) in [6.45, 7) is 2.22. The third kappa shape index (κ3) is 7.78. The Balaban J connectivity index is 2.35. The average Bonchev–Trinajstić information content (AvgIpc) is 2.97. The molecule has 4 heteroatoms. The van der Waals surface area contributed by atoms with E-state index in [4.69, 9.17) is 5.11 Å². The summed E-state index contributed by atoms with van der Waals surface area (Å²) in [7, 11) is 0. The summed E-state index contributed by atoms with van der Waals surface area (Å²) in [5.41, 5.74) is 2.85. The van der Waals surface area contributed by atoms with Crippen LogP contribution in [-0.4, -0.2) is 27.1 Å². The maximum absolute atomic E-state index is 10.5. The normalized spacial score (nSPS) is 20.3. The SMILES string of the molecule is CCCCCCC=C[C@H]1C=CC[C@@H]1CC=C=CCC(O)(O)C(=O)O. The van der Waals surface area contributed by atoms with Crippen molar-refractivity contribution in [2.24, 2.45) is 11.8 Å². The van der Waals surface area contributed by atoms with Crippen LogP contribution in [-0.2, 0) is 4.79 Å². The summed E-state index contributed by atoms with van der Waals surface area (Å²) in [5, 5.41) is 26.9. The highest BCUT2D eigenvalue weighted by atomic mass is 16.5. The minimum Gasteiger partial charge on any atom is -0.477 e.